The molecule has 1 aliphatic heterocycles. The largest absolute Gasteiger partial charge is 0.379 e. The quantitative estimate of drug-likeness (QED) is 0.0986. The molecule has 2 N–H and O–H groups in total. The second kappa shape index (κ2) is 18.2. The van der Waals surface area contributed by atoms with Gasteiger partial charge in [-0.25, -0.2) is 27.2 Å². The molecule has 9 nitrogen and oxygen atoms in total. The molecule has 1 atom stereocenters. The van der Waals surface area contributed by atoms with Gasteiger partial charge in [0.1, 0.15) is 22.9 Å². The van der Waals surface area contributed by atoms with E-state index in [9.17, 15) is 8.42 Å². The first kappa shape index (κ1) is 40.4. The van der Waals surface area contributed by atoms with E-state index in [4.69, 9.17) is 11.6 Å². The smallest absolute Gasteiger partial charge is 0.266 e. The Balaban J connectivity index is 1.01. The number of nitrogens with zero attached hydrogens (tertiary/aromatic N) is 5. The molecule has 1 saturated heterocycles. The van der Waals surface area contributed by atoms with Gasteiger partial charge in [0, 0.05) is 71.6 Å². The van der Waals surface area contributed by atoms with E-state index in [0.29, 0.717) is 34.2 Å². The summed E-state index contributed by atoms with van der Waals surface area (Å²) in [5, 5.41) is 4.25. The second-order valence-corrected chi connectivity index (χ2v) is 17.5. The van der Waals surface area contributed by atoms with Crippen molar-refractivity contribution in [2.75, 3.05) is 67.5 Å². The Morgan fingerprint density at radius 3 is 2.35 bits per heavy atom. The van der Waals surface area contributed by atoms with Crippen LogP contribution in [0, 0.1) is 11.6 Å². The van der Waals surface area contributed by atoms with Crippen molar-refractivity contribution >= 4 is 61.5 Å². The number of benzene rings is 5. The van der Waals surface area contributed by atoms with Crippen LogP contribution in [0.25, 0.3) is 22.0 Å². The van der Waals surface area contributed by atoms with Gasteiger partial charge in [-0.05, 0) is 92.3 Å². The second-order valence-electron chi connectivity index (χ2n) is 14.3. The Hall–Kier alpha value is -4.79. The van der Waals surface area contributed by atoms with E-state index in [1.54, 1.807) is 17.8 Å². The maximum absolute atomic E-state index is 15.6. The minimum atomic E-state index is -4.57. The first-order chi connectivity index (χ1) is 27.5. The molecule has 0 radical (unpaired) electrons. The minimum Gasteiger partial charge on any atom is -0.379 e. The van der Waals surface area contributed by atoms with Gasteiger partial charge >= 0.3 is 0 Å². The Bertz CT molecular complexity index is 2420. The summed E-state index contributed by atoms with van der Waals surface area (Å²) < 4.78 is 60.6. The number of fused-ring (bicyclic) bond motifs is 1. The van der Waals surface area contributed by atoms with Crippen LogP contribution in [-0.4, -0.2) is 86.8 Å². The molecule has 0 bridgehead atoms. The molecule has 1 aliphatic rings. The van der Waals surface area contributed by atoms with E-state index in [0.717, 1.165) is 61.5 Å². The van der Waals surface area contributed by atoms with E-state index in [-0.39, 0.29) is 17.5 Å². The van der Waals surface area contributed by atoms with Crippen molar-refractivity contribution in [2.45, 2.75) is 28.8 Å². The zero-order valence-corrected chi connectivity index (χ0v) is 34.1. The summed E-state index contributed by atoms with van der Waals surface area (Å²) in [4.78, 5) is 15.5. The Morgan fingerprint density at radius 2 is 1.60 bits per heavy atom. The van der Waals surface area contributed by atoms with E-state index in [1.165, 1.54) is 17.5 Å². The maximum atomic E-state index is 15.6. The van der Waals surface area contributed by atoms with Crippen molar-refractivity contribution in [1.82, 2.24) is 19.8 Å². The number of anilines is 3. The highest BCUT2D eigenvalue weighted by Crippen LogP contribution is 2.31. The average molecular weight is 828 g/mol. The van der Waals surface area contributed by atoms with Crippen molar-refractivity contribution in [3.63, 3.8) is 0 Å². The van der Waals surface area contributed by atoms with Gasteiger partial charge in [0.25, 0.3) is 10.0 Å². The number of piperazine rings is 1. The third-order valence-electron chi connectivity index (χ3n) is 9.94. The number of sulfonamides is 1. The summed E-state index contributed by atoms with van der Waals surface area (Å²) in [6.45, 7) is 4.81. The van der Waals surface area contributed by atoms with Gasteiger partial charge in [-0.2, -0.15) is 0 Å². The van der Waals surface area contributed by atoms with Crippen molar-refractivity contribution in [3.8, 4) is 11.1 Å². The van der Waals surface area contributed by atoms with Gasteiger partial charge in [0.2, 0.25) is 0 Å². The number of halogens is 3. The van der Waals surface area contributed by atoms with Crippen LogP contribution >= 0.6 is 23.4 Å². The maximum Gasteiger partial charge on any atom is 0.266 e. The number of thioether (sulfide) groups is 1. The van der Waals surface area contributed by atoms with Crippen LogP contribution in [0.15, 0.2) is 125 Å². The topological polar surface area (TPSA) is 93.7 Å². The molecule has 0 spiro atoms. The van der Waals surface area contributed by atoms with Crippen LogP contribution in [0.2, 0.25) is 5.02 Å². The lowest BCUT2D eigenvalue weighted by molar-refractivity contribution is 0.250. The van der Waals surface area contributed by atoms with Crippen LogP contribution in [0.4, 0.5) is 26.0 Å². The van der Waals surface area contributed by atoms with Crippen LogP contribution in [0.5, 0.6) is 0 Å². The van der Waals surface area contributed by atoms with Gasteiger partial charge in [-0.3, -0.25) is 9.62 Å². The van der Waals surface area contributed by atoms with Crippen molar-refractivity contribution in [1.29, 1.82) is 0 Å². The molecular formula is C43H44ClF2N7O2S2. The number of aromatic nitrogens is 2. The minimum absolute atomic E-state index is 0.0283. The average Bonchev–Trinajstić information content (AvgIpc) is 3.21. The van der Waals surface area contributed by atoms with Crippen LogP contribution in [0.3, 0.4) is 0 Å². The van der Waals surface area contributed by atoms with Gasteiger partial charge < -0.3 is 15.1 Å². The van der Waals surface area contributed by atoms with E-state index in [1.807, 2.05) is 85.7 Å². The summed E-state index contributed by atoms with van der Waals surface area (Å²) in [6, 6.07) is 33.1. The first-order valence-electron chi connectivity index (χ1n) is 18.7. The predicted octanol–water partition coefficient (Wildman–Crippen LogP) is 8.88. The number of rotatable bonds is 15. The number of hydrogen-bond donors (Lipinski definition) is 2. The van der Waals surface area contributed by atoms with Gasteiger partial charge in [0.15, 0.2) is 5.82 Å². The fourth-order valence-corrected chi connectivity index (χ4v) is 9.09. The van der Waals surface area contributed by atoms with Crippen LogP contribution < -0.4 is 14.9 Å². The predicted molar refractivity (Wildman–Crippen MR) is 229 cm³/mol. The highest BCUT2D eigenvalue weighted by atomic mass is 35.5. The van der Waals surface area contributed by atoms with Crippen LogP contribution in [-0.2, 0) is 16.6 Å². The molecule has 1 fully saturated rings. The fourth-order valence-electron chi connectivity index (χ4n) is 6.87. The van der Waals surface area contributed by atoms with Gasteiger partial charge in [-0.15, -0.1) is 11.8 Å². The number of nitrogens with one attached hydrogen (secondary N) is 2. The number of hydrogen-bond acceptors (Lipinski definition) is 9. The van der Waals surface area contributed by atoms with E-state index < -0.39 is 26.6 Å². The van der Waals surface area contributed by atoms with E-state index in [2.05, 4.69) is 54.1 Å². The molecule has 0 saturated carbocycles. The summed E-state index contributed by atoms with van der Waals surface area (Å²) in [6.07, 6.45) is 1.92. The molecule has 1 unspecified atom stereocenters. The lowest BCUT2D eigenvalue weighted by atomic mass is 9.99. The van der Waals surface area contributed by atoms with Gasteiger partial charge in [0.05, 0.1) is 11.2 Å². The lowest BCUT2D eigenvalue weighted by Gasteiger charge is -2.36. The molecule has 0 aliphatic carbocycles. The van der Waals surface area contributed by atoms with Crippen LogP contribution in [0.1, 0.15) is 12.0 Å². The molecule has 1 aromatic heterocycles. The standard InChI is InChI=1S/C43H44ClF2N7O2S2/c1-51(2)19-18-33(28-56-35-9-4-3-5-10-35)49-41-25-39(46)42(26-38(41)45)57(54,55)50-43-37-17-16-34(24-40(37)47-29-48-43)53-22-20-52(21-23-53)27-31-8-6-7-11-36(31)30-12-14-32(44)15-13-30/h3-17,24-26,29,33,49H,18-23,27-28H2,1-2H3,(H,47,48,50). The molecule has 6 aromatic rings. The molecule has 7 rings (SSSR count). The van der Waals surface area contributed by atoms with Gasteiger partial charge in [-0.1, -0.05) is 66.2 Å². The lowest BCUT2D eigenvalue weighted by Crippen LogP contribution is -2.46. The fraction of sp³-hybridized carbons (Fsp3) is 0.256. The molecule has 57 heavy (non-hydrogen) atoms. The summed E-state index contributed by atoms with van der Waals surface area (Å²) >= 11 is 7.74. The van der Waals surface area contributed by atoms with Crippen molar-refractivity contribution in [3.05, 3.63) is 138 Å². The molecule has 14 heteroatoms. The Labute approximate surface area is 342 Å². The normalized spacial score (nSPS) is 14.2. The molecule has 2 heterocycles. The molecular weight excluding hydrogens is 784 g/mol. The molecule has 296 valence electrons. The third-order valence-corrected chi connectivity index (χ3v) is 12.7. The van der Waals surface area contributed by atoms with E-state index >= 15 is 8.78 Å². The summed E-state index contributed by atoms with van der Waals surface area (Å²) in [5.41, 5.74) is 4.92. The monoisotopic (exact) mass is 827 g/mol. The molecule has 5 aromatic carbocycles. The summed E-state index contributed by atoms with van der Waals surface area (Å²) in [5.74, 6) is -1.39. The zero-order chi connectivity index (χ0) is 39.9. The van der Waals surface area contributed by atoms with Crippen molar-refractivity contribution < 1.29 is 17.2 Å². The zero-order valence-electron chi connectivity index (χ0n) is 31.7. The SMILES string of the molecule is CN(C)CCC(CSc1ccccc1)Nc1cc(F)c(S(=O)(=O)Nc2ncnc3cc(N4CCN(Cc5ccccc5-c5ccc(Cl)cc5)CC4)ccc23)cc1F. The first-order valence-corrected chi connectivity index (χ1v) is 21.5. The highest BCUT2D eigenvalue weighted by molar-refractivity contribution is 7.99. The highest BCUT2D eigenvalue weighted by Gasteiger charge is 2.25. The Morgan fingerprint density at radius 1 is 0.860 bits per heavy atom. The molecule has 0 amide bonds. The van der Waals surface area contributed by atoms with Crippen molar-refractivity contribution in [2.24, 2.45) is 0 Å². The Kier molecular flexibility index (Phi) is 12.9. The third kappa shape index (κ3) is 10.2. The summed E-state index contributed by atoms with van der Waals surface area (Å²) in [7, 11) is -0.679.